The molecule has 1 aliphatic rings. The summed E-state index contributed by atoms with van der Waals surface area (Å²) in [6, 6.07) is 0. The van der Waals surface area contributed by atoms with E-state index < -0.39 is 12.1 Å². The zero-order valence-corrected chi connectivity index (χ0v) is 7.32. The lowest BCUT2D eigenvalue weighted by Crippen LogP contribution is -2.31. The number of hydrogen-bond donors (Lipinski definition) is 1. The lowest BCUT2D eigenvalue weighted by molar-refractivity contribution is -0.193. The molecular weight excluding hydrogens is 174 g/mol. The number of nitrogens with zero attached hydrogens (tertiary/aromatic N) is 1. The van der Waals surface area contributed by atoms with Crippen LogP contribution < -0.4 is 0 Å². The highest BCUT2D eigenvalue weighted by Crippen LogP contribution is 2.20. The Hall–Kier alpha value is -1.36. The van der Waals surface area contributed by atoms with E-state index in [1.165, 1.54) is 6.92 Å². The summed E-state index contributed by atoms with van der Waals surface area (Å²) in [7, 11) is 0. The van der Waals surface area contributed by atoms with Crippen LogP contribution >= 0.6 is 0 Å². The Kier molecular flexibility index (Phi) is 2.67. The summed E-state index contributed by atoms with van der Waals surface area (Å²) in [5, 5.41) is 9.65. The van der Waals surface area contributed by atoms with E-state index >= 15 is 0 Å². The molecule has 0 aliphatic carbocycles. The van der Waals surface area contributed by atoms with Crippen molar-refractivity contribution in [3.63, 3.8) is 0 Å². The lowest BCUT2D eigenvalue weighted by Gasteiger charge is -2.16. The molecule has 0 aromatic carbocycles. The van der Waals surface area contributed by atoms with Gasteiger partial charge in [-0.25, -0.2) is 4.79 Å². The molecule has 1 saturated heterocycles. The molecule has 1 fully saturated rings. The van der Waals surface area contributed by atoms with Crippen LogP contribution in [0.25, 0.3) is 0 Å². The highest BCUT2D eigenvalue weighted by Gasteiger charge is 2.29. The molecule has 1 heterocycles. The fourth-order valence-corrected chi connectivity index (χ4v) is 0.912. The first-order chi connectivity index (χ1) is 6.02. The third-order valence-corrected chi connectivity index (χ3v) is 1.66. The Morgan fingerprint density at radius 2 is 2.31 bits per heavy atom. The van der Waals surface area contributed by atoms with E-state index in [1.54, 1.807) is 0 Å². The molecule has 1 aliphatic heterocycles. The van der Waals surface area contributed by atoms with Gasteiger partial charge in [-0.1, -0.05) is 6.58 Å². The van der Waals surface area contributed by atoms with Gasteiger partial charge < -0.3 is 9.94 Å². The lowest BCUT2D eigenvalue weighted by atomic mass is 10.3. The summed E-state index contributed by atoms with van der Waals surface area (Å²) < 4.78 is 0. The van der Waals surface area contributed by atoms with Crippen LogP contribution in [0.4, 0.5) is 0 Å². The molecule has 0 radical (unpaired) electrons. The standard InChI is InChI=1S/C8H11NO4/c1-5-3-4-7(11)9(5)13-8(12)6(2)10/h6,10H,1,3-4H2,2H3. The van der Waals surface area contributed by atoms with Crippen LogP contribution in [0.3, 0.4) is 0 Å². The van der Waals surface area contributed by atoms with Gasteiger partial charge in [0.2, 0.25) is 0 Å². The Labute approximate surface area is 75.5 Å². The fraction of sp³-hybridized carbons (Fsp3) is 0.500. The number of allylic oxidation sites excluding steroid dienone is 1. The predicted octanol–water partition coefficient (Wildman–Crippen LogP) is -0.0385. The Balaban J connectivity index is 2.58. The van der Waals surface area contributed by atoms with E-state index in [0.717, 1.165) is 5.06 Å². The van der Waals surface area contributed by atoms with Crippen LogP contribution in [-0.4, -0.2) is 28.2 Å². The maximum atomic E-state index is 11.0. The first-order valence-corrected chi connectivity index (χ1v) is 3.93. The summed E-state index contributed by atoms with van der Waals surface area (Å²) >= 11 is 0. The number of carbonyl (C=O) groups excluding carboxylic acids is 2. The summed E-state index contributed by atoms with van der Waals surface area (Å²) in [5.74, 6) is -1.16. The van der Waals surface area contributed by atoms with Crippen molar-refractivity contribution in [2.75, 3.05) is 0 Å². The third-order valence-electron chi connectivity index (χ3n) is 1.66. The van der Waals surface area contributed by atoms with Gasteiger partial charge in [-0.15, -0.1) is 5.06 Å². The number of hydrogen-bond acceptors (Lipinski definition) is 4. The second-order valence-corrected chi connectivity index (χ2v) is 2.84. The average molecular weight is 185 g/mol. The van der Waals surface area contributed by atoms with Gasteiger partial charge >= 0.3 is 5.97 Å². The third kappa shape index (κ3) is 2.06. The monoisotopic (exact) mass is 185 g/mol. The van der Waals surface area contributed by atoms with Crippen molar-refractivity contribution in [1.82, 2.24) is 5.06 Å². The van der Waals surface area contributed by atoms with Crippen molar-refractivity contribution in [3.05, 3.63) is 12.3 Å². The van der Waals surface area contributed by atoms with Crippen LogP contribution in [0.15, 0.2) is 12.3 Å². The van der Waals surface area contributed by atoms with Gasteiger partial charge in [0.1, 0.15) is 0 Å². The van der Waals surface area contributed by atoms with Gasteiger partial charge in [-0.05, 0) is 13.3 Å². The van der Waals surface area contributed by atoms with E-state index in [-0.39, 0.29) is 5.91 Å². The van der Waals surface area contributed by atoms with Crippen molar-refractivity contribution >= 4 is 11.9 Å². The molecule has 0 bridgehead atoms. The molecule has 5 nitrogen and oxygen atoms in total. The summed E-state index contributed by atoms with van der Waals surface area (Å²) in [4.78, 5) is 26.5. The topological polar surface area (TPSA) is 66.8 Å². The minimum Gasteiger partial charge on any atom is -0.382 e. The molecule has 1 rings (SSSR count). The number of hydroxylamine groups is 2. The van der Waals surface area contributed by atoms with Gasteiger partial charge in [0, 0.05) is 6.42 Å². The zero-order chi connectivity index (χ0) is 10.0. The van der Waals surface area contributed by atoms with Gasteiger partial charge in [0.15, 0.2) is 6.10 Å². The van der Waals surface area contributed by atoms with Crippen molar-refractivity contribution in [3.8, 4) is 0 Å². The highest BCUT2D eigenvalue weighted by atomic mass is 16.7. The number of carbonyl (C=O) groups is 2. The quantitative estimate of drug-likeness (QED) is 0.655. The molecule has 0 aromatic rings. The molecule has 1 atom stereocenters. The van der Waals surface area contributed by atoms with Gasteiger partial charge in [0.25, 0.3) is 5.91 Å². The van der Waals surface area contributed by atoms with E-state index in [9.17, 15) is 9.59 Å². The number of aliphatic hydroxyl groups is 1. The van der Waals surface area contributed by atoms with Gasteiger partial charge in [-0.3, -0.25) is 4.79 Å². The summed E-state index contributed by atoms with van der Waals surface area (Å²) in [6.07, 6.45) is -0.445. The van der Waals surface area contributed by atoms with E-state index in [2.05, 4.69) is 11.4 Å². The van der Waals surface area contributed by atoms with Crippen molar-refractivity contribution in [1.29, 1.82) is 0 Å². The van der Waals surface area contributed by atoms with Gasteiger partial charge in [-0.2, -0.15) is 0 Å². The Bertz CT molecular complexity index is 243. The average Bonchev–Trinajstić information content (AvgIpc) is 2.35. The number of amides is 1. The second kappa shape index (κ2) is 3.57. The van der Waals surface area contributed by atoms with E-state index in [0.29, 0.717) is 18.5 Å². The smallest absolute Gasteiger partial charge is 0.360 e. The first-order valence-electron chi connectivity index (χ1n) is 3.93. The summed E-state index contributed by atoms with van der Waals surface area (Å²) in [5.41, 5.74) is 0.444. The maximum Gasteiger partial charge on any atom is 0.360 e. The molecule has 13 heavy (non-hydrogen) atoms. The SMILES string of the molecule is C=C1CCC(=O)N1OC(=O)C(C)O. The Morgan fingerprint density at radius 1 is 1.69 bits per heavy atom. The zero-order valence-electron chi connectivity index (χ0n) is 7.32. The minimum absolute atomic E-state index is 0.298. The van der Waals surface area contributed by atoms with Crippen molar-refractivity contribution in [2.24, 2.45) is 0 Å². The molecule has 1 N–H and O–H groups in total. The normalized spacial score (nSPS) is 19.1. The number of aliphatic hydroxyl groups excluding tert-OH is 1. The second-order valence-electron chi connectivity index (χ2n) is 2.84. The highest BCUT2D eigenvalue weighted by molar-refractivity contribution is 5.83. The van der Waals surface area contributed by atoms with Crippen LogP contribution in [0.2, 0.25) is 0 Å². The van der Waals surface area contributed by atoms with Gasteiger partial charge in [0.05, 0.1) is 5.70 Å². The molecule has 72 valence electrons. The van der Waals surface area contributed by atoms with Crippen molar-refractivity contribution in [2.45, 2.75) is 25.9 Å². The van der Waals surface area contributed by atoms with Crippen LogP contribution in [0.5, 0.6) is 0 Å². The molecule has 5 heteroatoms. The molecule has 0 saturated carbocycles. The fourth-order valence-electron chi connectivity index (χ4n) is 0.912. The first kappa shape index (κ1) is 9.73. The molecule has 0 aromatic heterocycles. The van der Waals surface area contributed by atoms with Crippen LogP contribution in [0, 0.1) is 0 Å². The minimum atomic E-state index is -1.24. The molecule has 0 spiro atoms. The summed E-state index contributed by atoms with van der Waals surface area (Å²) in [6.45, 7) is 4.81. The molecule has 1 amide bonds. The van der Waals surface area contributed by atoms with Crippen molar-refractivity contribution < 1.29 is 19.5 Å². The molecular formula is C8H11NO4. The van der Waals surface area contributed by atoms with E-state index in [1.807, 2.05) is 0 Å². The predicted molar refractivity (Wildman–Crippen MR) is 43.0 cm³/mol. The van der Waals surface area contributed by atoms with E-state index in [4.69, 9.17) is 5.11 Å². The maximum absolute atomic E-state index is 11.0. The molecule has 1 unspecified atom stereocenters. The largest absolute Gasteiger partial charge is 0.382 e. The Morgan fingerprint density at radius 3 is 2.69 bits per heavy atom. The van der Waals surface area contributed by atoms with Crippen LogP contribution in [0.1, 0.15) is 19.8 Å². The number of rotatable bonds is 2. The van der Waals surface area contributed by atoms with Crippen LogP contribution in [-0.2, 0) is 14.4 Å².